The first kappa shape index (κ1) is 12.2. The molecule has 2 rings (SSSR count). The van der Waals surface area contributed by atoms with Gasteiger partial charge in [-0.1, -0.05) is 23.8 Å². The number of nitrogens with one attached hydrogen (secondary N) is 1. The van der Waals surface area contributed by atoms with E-state index < -0.39 is 0 Å². The maximum Gasteiger partial charge on any atom is 0.149 e. The summed E-state index contributed by atoms with van der Waals surface area (Å²) >= 11 is 0. The summed E-state index contributed by atoms with van der Waals surface area (Å²) < 4.78 is 0. The second-order valence-electron chi connectivity index (χ2n) is 4.23. The van der Waals surface area contributed by atoms with E-state index in [-0.39, 0.29) is 12.3 Å². The molecule has 0 bridgehead atoms. The molecule has 0 radical (unpaired) electrons. The van der Waals surface area contributed by atoms with E-state index in [9.17, 15) is 4.79 Å². The van der Waals surface area contributed by atoms with Gasteiger partial charge in [-0.05, 0) is 32.0 Å². The summed E-state index contributed by atoms with van der Waals surface area (Å²) in [5.41, 5.74) is 3.06. The highest BCUT2D eigenvalue weighted by Crippen LogP contribution is 2.17. The molecule has 0 unspecified atom stereocenters. The van der Waals surface area contributed by atoms with Gasteiger partial charge in [0.2, 0.25) is 0 Å². The van der Waals surface area contributed by atoms with Crippen molar-refractivity contribution in [2.75, 3.05) is 11.9 Å². The summed E-state index contributed by atoms with van der Waals surface area (Å²) in [6, 6.07) is 11.8. The first-order valence-corrected chi connectivity index (χ1v) is 5.79. The van der Waals surface area contributed by atoms with Gasteiger partial charge in [0.05, 0.1) is 12.2 Å². The molecule has 0 aliphatic heterocycles. The lowest BCUT2D eigenvalue weighted by molar-refractivity contribution is -0.115. The first-order chi connectivity index (χ1) is 8.65. The van der Waals surface area contributed by atoms with Crippen LogP contribution in [0.5, 0.6) is 0 Å². The van der Waals surface area contributed by atoms with Crippen molar-refractivity contribution in [1.29, 1.82) is 0 Å². The summed E-state index contributed by atoms with van der Waals surface area (Å²) in [5, 5.41) is 11.1. The monoisotopic (exact) mass is 241 g/mol. The van der Waals surface area contributed by atoms with E-state index in [0.717, 1.165) is 11.3 Å². The number of aromatic nitrogens is 2. The molecule has 1 heterocycles. The van der Waals surface area contributed by atoms with Gasteiger partial charge in [0.1, 0.15) is 11.6 Å². The molecule has 0 amide bonds. The molecule has 1 N–H and O–H groups in total. The van der Waals surface area contributed by atoms with Crippen LogP contribution >= 0.6 is 0 Å². The van der Waals surface area contributed by atoms with Crippen molar-refractivity contribution in [2.45, 2.75) is 13.8 Å². The molecular weight excluding hydrogens is 226 g/mol. The largest absolute Gasteiger partial charge is 0.362 e. The number of anilines is 1. The Morgan fingerprint density at radius 2 is 2.06 bits per heavy atom. The Labute approximate surface area is 106 Å². The van der Waals surface area contributed by atoms with E-state index in [1.165, 1.54) is 12.5 Å². The van der Waals surface area contributed by atoms with Crippen LogP contribution in [0, 0.1) is 6.92 Å². The third kappa shape index (κ3) is 3.13. The quantitative estimate of drug-likeness (QED) is 0.893. The smallest absolute Gasteiger partial charge is 0.149 e. The second kappa shape index (κ2) is 5.40. The van der Waals surface area contributed by atoms with Crippen LogP contribution in [-0.2, 0) is 4.79 Å². The third-order valence-electron chi connectivity index (χ3n) is 2.50. The predicted octanol–water partition coefficient (Wildman–Crippen LogP) is 2.45. The number of nitrogens with zero attached hydrogens (tertiary/aromatic N) is 2. The van der Waals surface area contributed by atoms with Gasteiger partial charge in [0.15, 0.2) is 0 Å². The maximum absolute atomic E-state index is 10.8. The van der Waals surface area contributed by atoms with Crippen molar-refractivity contribution < 1.29 is 4.79 Å². The standard InChI is InChI=1S/C14H15N3O/c1-10-4-3-5-12(8-10)13-6-7-14(17-16-13)15-9-11(2)18/h3-8H,9H2,1-2H3,(H,15,17). The minimum Gasteiger partial charge on any atom is -0.362 e. The number of ketones is 1. The van der Waals surface area contributed by atoms with Crippen LogP contribution in [0.2, 0.25) is 0 Å². The molecule has 0 spiro atoms. The van der Waals surface area contributed by atoms with Gasteiger partial charge in [-0.15, -0.1) is 10.2 Å². The Bertz CT molecular complexity index is 549. The minimum atomic E-state index is 0.0690. The number of carbonyl (C=O) groups excluding carboxylic acids is 1. The van der Waals surface area contributed by atoms with E-state index in [1.54, 1.807) is 0 Å². The molecule has 18 heavy (non-hydrogen) atoms. The third-order valence-corrected chi connectivity index (χ3v) is 2.50. The molecule has 0 aliphatic rings. The van der Waals surface area contributed by atoms with E-state index in [4.69, 9.17) is 0 Å². The molecule has 1 aromatic carbocycles. The lowest BCUT2D eigenvalue weighted by atomic mass is 10.1. The Kier molecular flexibility index (Phi) is 3.67. The lowest BCUT2D eigenvalue weighted by Crippen LogP contribution is -2.11. The van der Waals surface area contributed by atoms with E-state index in [0.29, 0.717) is 5.82 Å². The van der Waals surface area contributed by atoms with Crippen LogP contribution < -0.4 is 5.32 Å². The molecular formula is C14H15N3O. The maximum atomic E-state index is 10.8. The summed E-state index contributed by atoms with van der Waals surface area (Å²) in [6.45, 7) is 3.85. The molecule has 0 fully saturated rings. The molecule has 92 valence electrons. The van der Waals surface area contributed by atoms with Gasteiger partial charge >= 0.3 is 0 Å². The molecule has 0 saturated heterocycles. The SMILES string of the molecule is CC(=O)CNc1ccc(-c2cccc(C)c2)nn1. The fraction of sp³-hybridized carbons (Fsp3) is 0.214. The Balaban J connectivity index is 2.14. The first-order valence-electron chi connectivity index (χ1n) is 5.79. The second-order valence-corrected chi connectivity index (χ2v) is 4.23. The van der Waals surface area contributed by atoms with Crippen molar-refractivity contribution in [3.8, 4) is 11.3 Å². The highest BCUT2D eigenvalue weighted by molar-refractivity contribution is 5.80. The number of carbonyl (C=O) groups is 1. The zero-order valence-electron chi connectivity index (χ0n) is 10.5. The van der Waals surface area contributed by atoms with Crippen LogP contribution in [0.15, 0.2) is 36.4 Å². The minimum absolute atomic E-state index is 0.0690. The molecule has 0 aliphatic carbocycles. The van der Waals surface area contributed by atoms with E-state index in [1.807, 2.05) is 37.3 Å². The molecule has 4 heteroatoms. The predicted molar refractivity (Wildman–Crippen MR) is 71.4 cm³/mol. The van der Waals surface area contributed by atoms with Crippen molar-refractivity contribution in [1.82, 2.24) is 10.2 Å². The van der Waals surface area contributed by atoms with Crippen LogP contribution in [-0.4, -0.2) is 22.5 Å². The Morgan fingerprint density at radius 3 is 2.67 bits per heavy atom. The summed E-state index contributed by atoms with van der Waals surface area (Å²) in [6.07, 6.45) is 0. The molecule has 0 saturated carbocycles. The van der Waals surface area contributed by atoms with Crippen molar-refractivity contribution in [3.05, 3.63) is 42.0 Å². The molecule has 2 aromatic rings. The normalized spacial score (nSPS) is 10.1. The van der Waals surface area contributed by atoms with Crippen molar-refractivity contribution >= 4 is 11.6 Å². The van der Waals surface area contributed by atoms with E-state index in [2.05, 4.69) is 21.6 Å². The van der Waals surface area contributed by atoms with Gasteiger partial charge in [-0.2, -0.15) is 0 Å². The zero-order valence-corrected chi connectivity index (χ0v) is 10.5. The fourth-order valence-electron chi connectivity index (χ4n) is 1.60. The number of hydrogen-bond donors (Lipinski definition) is 1. The van der Waals surface area contributed by atoms with Crippen molar-refractivity contribution in [3.63, 3.8) is 0 Å². The van der Waals surface area contributed by atoms with Crippen LogP contribution in [0.1, 0.15) is 12.5 Å². The highest BCUT2D eigenvalue weighted by Gasteiger charge is 2.01. The van der Waals surface area contributed by atoms with Crippen LogP contribution in [0.3, 0.4) is 0 Å². The summed E-state index contributed by atoms with van der Waals surface area (Å²) in [7, 11) is 0. The zero-order chi connectivity index (χ0) is 13.0. The molecule has 1 aromatic heterocycles. The van der Waals surface area contributed by atoms with E-state index >= 15 is 0 Å². The topological polar surface area (TPSA) is 54.9 Å². The highest BCUT2D eigenvalue weighted by atomic mass is 16.1. The molecule has 0 atom stereocenters. The summed E-state index contributed by atoms with van der Waals surface area (Å²) in [4.78, 5) is 10.8. The number of rotatable bonds is 4. The number of benzene rings is 1. The van der Waals surface area contributed by atoms with Crippen molar-refractivity contribution in [2.24, 2.45) is 0 Å². The summed E-state index contributed by atoms with van der Waals surface area (Å²) in [5.74, 6) is 0.682. The van der Waals surface area contributed by atoms with Crippen LogP contribution in [0.25, 0.3) is 11.3 Å². The van der Waals surface area contributed by atoms with Gasteiger partial charge < -0.3 is 5.32 Å². The average Bonchev–Trinajstić information content (AvgIpc) is 2.37. The van der Waals surface area contributed by atoms with Gasteiger partial charge in [-0.25, -0.2) is 0 Å². The van der Waals surface area contributed by atoms with Crippen LogP contribution in [0.4, 0.5) is 5.82 Å². The lowest BCUT2D eigenvalue weighted by Gasteiger charge is -2.04. The number of Topliss-reactive ketones (excluding diaryl/α,β-unsaturated/α-hetero) is 1. The average molecular weight is 241 g/mol. The van der Waals surface area contributed by atoms with Gasteiger partial charge in [0, 0.05) is 5.56 Å². The number of aryl methyl sites for hydroxylation is 1. The Hall–Kier alpha value is -2.23. The molecule has 4 nitrogen and oxygen atoms in total. The fourth-order valence-corrected chi connectivity index (χ4v) is 1.60. The Morgan fingerprint density at radius 1 is 1.22 bits per heavy atom. The van der Waals surface area contributed by atoms with Gasteiger partial charge in [-0.3, -0.25) is 4.79 Å². The van der Waals surface area contributed by atoms with Gasteiger partial charge in [0.25, 0.3) is 0 Å². The number of hydrogen-bond acceptors (Lipinski definition) is 4.